The van der Waals surface area contributed by atoms with Gasteiger partial charge in [-0.25, -0.2) is 0 Å². The number of halogens is 1. The summed E-state index contributed by atoms with van der Waals surface area (Å²) in [6.07, 6.45) is 0. The summed E-state index contributed by atoms with van der Waals surface area (Å²) in [7, 11) is 0. The Kier molecular flexibility index (Phi) is 6.27. The number of amides is 2. The molecule has 0 radical (unpaired) electrons. The average Bonchev–Trinajstić information content (AvgIpc) is 2.55. The molecular formula is C20H24ClN3O2. The van der Waals surface area contributed by atoms with Crippen LogP contribution in [0.25, 0.3) is 0 Å². The summed E-state index contributed by atoms with van der Waals surface area (Å²) >= 11 is 5.92. The molecule has 2 rings (SSSR count). The molecule has 0 saturated heterocycles. The maximum absolute atomic E-state index is 12.3. The minimum absolute atomic E-state index is 0.0486. The van der Waals surface area contributed by atoms with E-state index in [0.29, 0.717) is 16.4 Å². The van der Waals surface area contributed by atoms with Crippen molar-refractivity contribution < 1.29 is 9.59 Å². The van der Waals surface area contributed by atoms with Gasteiger partial charge in [0.25, 0.3) is 0 Å². The molecule has 5 nitrogen and oxygen atoms in total. The largest absolute Gasteiger partial charge is 0.374 e. The molecule has 2 aromatic rings. The SMILES string of the molecule is CC(Nc1ccc(NC(=O)C(C)(C)C)cc1)C(=O)Nc1cccc(Cl)c1. The van der Waals surface area contributed by atoms with Crippen LogP contribution in [0.15, 0.2) is 48.5 Å². The summed E-state index contributed by atoms with van der Waals surface area (Å²) in [6, 6.07) is 13.8. The Morgan fingerprint density at radius 1 is 0.923 bits per heavy atom. The highest BCUT2D eigenvalue weighted by atomic mass is 35.5. The fourth-order valence-electron chi connectivity index (χ4n) is 2.10. The van der Waals surface area contributed by atoms with Gasteiger partial charge in [0, 0.05) is 27.5 Å². The maximum Gasteiger partial charge on any atom is 0.246 e. The van der Waals surface area contributed by atoms with Crippen molar-refractivity contribution in [1.82, 2.24) is 0 Å². The molecule has 0 aliphatic rings. The van der Waals surface area contributed by atoms with Crippen LogP contribution in [-0.2, 0) is 9.59 Å². The Hall–Kier alpha value is -2.53. The molecule has 6 heteroatoms. The molecule has 2 amide bonds. The van der Waals surface area contributed by atoms with E-state index >= 15 is 0 Å². The number of hydrogen-bond acceptors (Lipinski definition) is 3. The molecule has 0 fully saturated rings. The highest BCUT2D eigenvalue weighted by Gasteiger charge is 2.21. The van der Waals surface area contributed by atoms with Crippen LogP contribution >= 0.6 is 11.6 Å². The molecule has 1 unspecified atom stereocenters. The van der Waals surface area contributed by atoms with Crippen LogP contribution in [0, 0.1) is 5.41 Å². The quantitative estimate of drug-likeness (QED) is 0.707. The lowest BCUT2D eigenvalue weighted by molar-refractivity contribution is -0.123. The van der Waals surface area contributed by atoms with Gasteiger partial charge in [0.15, 0.2) is 0 Å². The number of nitrogens with one attached hydrogen (secondary N) is 3. The van der Waals surface area contributed by atoms with E-state index in [0.717, 1.165) is 5.69 Å². The molecule has 0 spiro atoms. The van der Waals surface area contributed by atoms with Crippen LogP contribution in [0.2, 0.25) is 5.02 Å². The first-order chi connectivity index (χ1) is 12.1. The Balaban J connectivity index is 1.93. The number of rotatable bonds is 5. The number of benzene rings is 2. The van der Waals surface area contributed by atoms with Crippen molar-refractivity contribution in [2.45, 2.75) is 33.7 Å². The van der Waals surface area contributed by atoms with Crippen LogP contribution in [0.5, 0.6) is 0 Å². The molecule has 0 aliphatic carbocycles. The standard InChI is InChI=1S/C20H24ClN3O2/c1-13(18(25)23-17-7-5-6-14(21)12-17)22-15-8-10-16(11-9-15)24-19(26)20(2,3)4/h5-13,22H,1-4H3,(H,23,25)(H,24,26). The lowest BCUT2D eigenvalue weighted by Crippen LogP contribution is -2.31. The summed E-state index contributed by atoms with van der Waals surface area (Å²) in [6.45, 7) is 7.35. The third-order valence-corrected chi connectivity index (χ3v) is 3.93. The third kappa shape index (κ3) is 5.77. The zero-order valence-electron chi connectivity index (χ0n) is 15.4. The molecule has 0 heterocycles. The van der Waals surface area contributed by atoms with Crippen molar-refractivity contribution in [3.8, 4) is 0 Å². The summed E-state index contributed by atoms with van der Waals surface area (Å²) in [4.78, 5) is 24.3. The van der Waals surface area contributed by atoms with E-state index in [-0.39, 0.29) is 11.8 Å². The smallest absolute Gasteiger partial charge is 0.246 e. The average molecular weight is 374 g/mol. The van der Waals surface area contributed by atoms with Gasteiger partial charge in [-0.3, -0.25) is 9.59 Å². The summed E-state index contributed by atoms with van der Waals surface area (Å²) in [5.74, 6) is -0.218. The van der Waals surface area contributed by atoms with Gasteiger partial charge in [-0.15, -0.1) is 0 Å². The van der Waals surface area contributed by atoms with Gasteiger partial charge in [0.05, 0.1) is 0 Å². The molecular weight excluding hydrogens is 350 g/mol. The number of carbonyl (C=O) groups excluding carboxylic acids is 2. The van der Waals surface area contributed by atoms with Crippen LogP contribution in [0.3, 0.4) is 0 Å². The fourth-order valence-corrected chi connectivity index (χ4v) is 2.29. The van der Waals surface area contributed by atoms with Gasteiger partial charge in [-0.05, 0) is 49.4 Å². The zero-order valence-corrected chi connectivity index (χ0v) is 16.1. The van der Waals surface area contributed by atoms with E-state index in [4.69, 9.17) is 11.6 Å². The summed E-state index contributed by atoms with van der Waals surface area (Å²) in [5, 5.41) is 9.37. The van der Waals surface area contributed by atoms with Gasteiger partial charge < -0.3 is 16.0 Å². The van der Waals surface area contributed by atoms with Crippen molar-refractivity contribution >= 4 is 40.5 Å². The monoisotopic (exact) mass is 373 g/mol. The Morgan fingerprint density at radius 2 is 1.54 bits per heavy atom. The molecule has 2 aromatic carbocycles. The van der Waals surface area contributed by atoms with Crippen molar-refractivity contribution in [3.63, 3.8) is 0 Å². The minimum Gasteiger partial charge on any atom is -0.374 e. The van der Waals surface area contributed by atoms with Crippen LogP contribution in [0.1, 0.15) is 27.7 Å². The Labute approximate surface area is 159 Å². The van der Waals surface area contributed by atoms with E-state index in [2.05, 4.69) is 16.0 Å². The molecule has 26 heavy (non-hydrogen) atoms. The number of carbonyl (C=O) groups is 2. The van der Waals surface area contributed by atoms with Crippen LogP contribution < -0.4 is 16.0 Å². The second kappa shape index (κ2) is 8.23. The molecule has 1 atom stereocenters. The highest BCUT2D eigenvalue weighted by Crippen LogP contribution is 2.20. The van der Waals surface area contributed by atoms with Crippen molar-refractivity contribution in [3.05, 3.63) is 53.6 Å². The first kappa shape index (κ1) is 19.8. The molecule has 3 N–H and O–H groups in total. The van der Waals surface area contributed by atoms with Gasteiger partial charge >= 0.3 is 0 Å². The normalized spacial score (nSPS) is 12.2. The lowest BCUT2D eigenvalue weighted by atomic mass is 9.95. The second-order valence-electron chi connectivity index (χ2n) is 7.15. The van der Waals surface area contributed by atoms with Gasteiger partial charge in [-0.1, -0.05) is 38.4 Å². The predicted octanol–water partition coefficient (Wildman–Crippen LogP) is 4.76. The minimum atomic E-state index is -0.455. The first-order valence-electron chi connectivity index (χ1n) is 8.39. The zero-order chi connectivity index (χ0) is 19.3. The van der Waals surface area contributed by atoms with Crippen LogP contribution in [0.4, 0.5) is 17.1 Å². The van der Waals surface area contributed by atoms with E-state index < -0.39 is 11.5 Å². The summed E-state index contributed by atoms with van der Waals surface area (Å²) in [5.41, 5.74) is 1.69. The van der Waals surface area contributed by atoms with Crippen molar-refractivity contribution in [2.24, 2.45) is 5.41 Å². The van der Waals surface area contributed by atoms with E-state index in [1.165, 1.54) is 0 Å². The first-order valence-corrected chi connectivity index (χ1v) is 8.77. The molecule has 0 aliphatic heterocycles. The molecule has 0 saturated carbocycles. The van der Waals surface area contributed by atoms with E-state index in [1.807, 2.05) is 32.9 Å². The fraction of sp³-hybridized carbons (Fsp3) is 0.300. The van der Waals surface area contributed by atoms with Gasteiger partial charge in [-0.2, -0.15) is 0 Å². The highest BCUT2D eigenvalue weighted by molar-refractivity contribution is 6.30. The number of anilines is 3. The number of hydrogen-bond donors (Lipinski definition) is 3. The maximum atomic E-state index is 12.3. The lowest BCUT2D eigenvalue weighted by Gasteiger charge is -2.18. The van der Waals surface area contributed by atoms with Crippen molar-refractivity contribution in [1.29, 1.82) is 0 Å². The third-order valence-electron chi connectivity index (χ3n) is 3.69. The van der Waals surface area contributed by atoms with E-state index in [9.17, 15) is 9.59 Å². The Bertz CT molecular complexity index is 782. The Morgan fingerprint density at radius 3 is 2.12 bits per heavy atom. The molecule has 138 valence electrons. The molecule has 0 bridgehead atoms. The predicted molar refractivity (Wildman–Crippen MR) is 108 cm³/mol. The van der Waals surface area contributed by atoms with Crippen LogP contribution in [-0.4, -0.2) is 17.9 Å². The second-order valence-corrected chi connectivity index (χ2v) is 7.58. The van der Waals surface area contributed by atoms with E-state index in [1.54, 1.807) is 43.3 Å². The molecule has 0 aromatic heterocycles. The summed E-state index contributed by atoms with van der Waals surface area (Å²) < 4.78 is 0. The van der Waals surface area contributed by atoms with Gasteiger partial charge in [0.2, 0.25) is 11.8 Å². The topological polar surface area (TPSA) is 70.2 Å². The van der Waals surface area contributed by atoms with Gasteiger partial charge in [0.1, 0.15) is 6.04 Å². The van der Waals surface area contributed by atoms with Crippen molar-refractivity contribution in [2.75, 3.05) is 16.0 Å².